The summed E-state index contributed by atoms with van der Waals surface area (Å²) in [5.74, 6) is -0.121. The number of benzene rings is 2. The highest BCUT2D eigenvalue weighted by molar-refractivity contribution is 7.09. The lowest BCUT2D eigenvalue weighted by molar-refractivity contribution is 0.0999. The van der Waals surface area contributed by atoms with Gasteiger partial charge in [-0.25, -0.2) is 4.98 Å². The number of aromatic nitrogens is 1. The average molecular weight is 462 g/mol. The molecule has 3 N–H and O–H groups in total. The Morgan fingerprint density at radius 2 is 1.79 bits per heavy atom. The Hall–Kier alpha value is -2.96. The van der Waals surface area contributed by atoms with Crippen LogP contribution in [-0.4, -0.2) is 34.0 Å². The van der Waals surface area contributed by atoms with Crippen molar-refractivity contribution in [1.82, 2.24) is 9.88 Å². The molecule has 5 nitrogen and oxygen atoms in total. The summed E-state index contributed by atoms with van der Waals surface area (Å²) in [6, 6.07) is 11.4. The van der Waals surface area contributed by atoms with Gasteiger partial charge in [-0.15, -0.1) is 11.3 Å². The first-order valence-corrected chi connectivity index (χ1v) is 12.5. The molecule has 0 radical (unpaired) electrons. The molecular formula is C27H31N3O2S. The number of primary amides is 1. The van der Waals surface area contributed by atoms with E-state index < -0.39 is 0 Å². The number of hydrogen-bond donors (Lipinski definition) is 2. The molecule has 172 valence electrons. The molecule has 3 aromatic rings. The summed E-state index contributed by atoms with van der Waals surface area (Å²) in [4.78, 5) is 19.0. The molecule has 0 unspecified atom stereocenters. The highest BCUT2D eigenvalue weighted by Crippen LogP contribution is 2.37. The van der Waals surface area contributed by atoms with Gasteiger partial charge >= 0.3 is 0 Å². The predicted octanol–water partition coefficient (Wildman–Crippen LogP) is 5.17. The van der Waals surface area contributed by atoms with Gasteiger partial charge in [-0.3, -0.25) is 9.69 Å². The second-order valence-electron chi connectivity index (χ2n) is 8.42. The quantitative estimate of drug-likeness (QED) is 0.509. The first-order chi connectivity index (χ1) is 16.0. The van der Waals surface area contributed by atoms with Crippen LogP contribution in [0.3, 0.4) is 0 Å². The van der Waals surface area contributed by atoms with Gasteiger partial charge in [0.15, 0.2) is 0 Å². The fourth-order valence-corrected chi connectivity index (χ4v) is 5.59. The minimum atomic E-state index is -0.379. The molecule has 2 aromatic carbocycles. The van der Waals surface area contributed by atoms with Gasteiger partial charge in [0, 0.05) is 30.2 Å². The van der Waals surface area contributed by atoms with Crippen molar-refractivity contribution >= 4 is 22.8 Å². The van der Waals surface area contributed by atoms with Crippen molar-refractivity contribution in [1.29, 1.82) is 0 Å². The van der Waals surface area contributed by atoms with Gasteiger partial charge in [0.05, 0.1) is 6.54 Å². The molecule has 1 aromatic heterocycles. The van der Waals surface area contributed by atoms with E-state index in [-0.39, 0.29) is 11.7 Å². The minimum absolute atomic E-state index is 0.259. The van der Waals surface area contributed by atoms with E-state index in [4.69, 9.17) is 5.73 Å². The summed E-state index contributed by atoms with van der Waals surface area (Å²) < 4.78 is 0. The monoisotopic (exact) mass is 461 g/mol. The highest BCUT2D eigenvalue weighted by Gasteiger charge is 2.23. The number of carbonyl (C=O) groups excluding carboxylic acids is 1. The smallest absolute Gasteiger partial charge is 0.248 e. The lowest BCUT2D eigenvalue weighted by Crippen LogP contribution is -2.30. The SMILES string of the molecule is CCc1c(C(N)=O)ccc(C(=C2CCN(Cc3nccs3)CC2)c2cccc(O)c2)c1CC. The van der Waals surface area contributed by atoms with E-state index in [1.807, 2.05) is 35.8 Å². The molecule has 0 spiro atoms. The predicted molar refractivity (Wildman–Crippen MR) is 134 cm³/mol. The zero-order valence-corrected chi connectivity index (χ0v) is 20.1. The molecule has 1 aliphatic rings. The fraction of sp³-hybridized carbons (Fsp3) is 0.333. The minimum Gasteiger partial charge on any atom is -0.508 e. The molecule has 0 bridgehead atoms. The van der Waals surface area contributed by atoms with Crippen LogP contribution in [0, 0.1) is 0 Å². The van der Waals surface area contributed by atoms with Crippen molar-refractivity contribution in [3.05, 3.63) is 86.4 Å². The first kappa shape index (κ1) is 23.2. The van der Waals surface area contributed by atoms with Gasteiger partial charge in [-0.1, -0.05) is 37.6 Å². The van der Waals surface area contributed by atoms with E-state index in [0.717, 1.165) is 67.0 Å². The highest BCUT2D eigenvalue weighted by atomic mass is 32.1. The van der Waals surface area contributed by atoms with Crippen LogP contribution < -0.4 is 5.73 Å². The van der Waals surface area contributed by atoms with E-state index in [1.165, 1.54) is 16.7 Å². The van der Waals surface area contributed by atoms with Crippen molar-refractivity contribution in [3.63, 3.8) is 0 Å². The van der Waals surface area contributed by atoms with Crippen LogP contribution in [0.15, 0.2) is 53.5 Å². The largest absolute Gasteiger partial charge is 0.508 e. The van der Waals surface area contributed by atoms with E-state index in [1.54, 1.807) is 17.4 Å². The third kappa shape index (κ3) is 5.02. The Kier molecular flexibility index (Phi) is 7.26. The number of carbonyl (C=O) groups is 1. The molecule has 0 saturated carbocycles. The third-order valence-electron chi connectivity index (χ3n) is 6.46. The number of phenolic OH excluding ortho intramolecular Hbond substituents is 1. The number of nitrogens with two attached hydrogens (primary N) is 1. The number of nitrogens with zero attached hydrogens (tertiary/aromatic N) is 2. The average Bonchev–Trinajstić information content (AvgIpc) is 3.33. The maximum atomic E-state index is 12.1. The topological polar surface area (TPSA) is 79.5 Å². The molecule has 4 rings (SSSR count). The number of rotatable bonds is 7. The van der Waals surface area contributed by atoms with Crippen molar-refractivity contribution in [2.75, 3.05) is 13.1 Å². The summed E-state index contributed by atoms with van der Waals surface area (Å²) in [6.07, 6.45) is 5.34. The number of aromatic hydroxyl groups is 1. The molecule has 2 heterocycles. The van der Waals surface area contributed by atoms with Gasteiger partial charge in [-0.2, -0.15) is 0 Å². The van der Waals surface area contributed by atoms with Crippen molar-refractivity contribution < 1.29 is 9.90 Å². The molecule has 1 saturated heterocycles. The number of piperidine rings is 1. The van der Waals surface area contributed by atoms with Gasteiger partial charge in [0.1, 0.15) is 10.8 Å². The van der Waals surface area contributed by atoms with Gasteiger partial charge in [-0.05, 0) is 71.7 Å². The second kappa shape index (κ2) is 10.3. The Bertz CT molecular complexity index is 1160. The van der Waals surface area contributed by atoms with Crippen molar-refractivity contribution in [2.45, 2.75) is 46.1 Å². The lowest BCUT2D eigenvalue weighted by atomic mass is 9.82. The molecule has 0 atom stereocenters. The van der Waals surface area contributed by atoms with Crippen LogP contribution in [0.25, 0.3) is 5.57 Å². The molecule has 0 aliphatic carbocycles. The normalized spacial score (nSPS) is 14.4. The molecule has 33 heavy (non-hydrogen) atoms. The number of hydrogen-bond acceptors (Lipinski definition) is 5. The zero-order chi connectivity index (χ0) is 23.4. The number of phenols is 1. The summed E-state index contributed by atoms with van der Waals surface area (Å²) >= 11 is 1.70. The third-order valence-corrected chi connectivity index (χ3v) is 7.23. The maximum absolute atomic E-state index is 12.1. The van der Waals surface area contributed by atoms with E-state index >= 15 is 0 Å². The number of likely N-dealkylation sites (tertiary alicyclic amines) is 1. The Morgan fingerprint density at radius 1 is 1.09 bits per heavy atom. The fourth-order valence-electron chi connectivity index (χ4n) is 4.93. The lowest BCUT2D eigenvalue weighted by Gasteiger charge is -2.30. The van der Waals surface area contributed by atoms with Gasteiger partial charge in [0.2, 0.25) is 5.91 Å². The summed E-state index contributed by atoms with van der Waals surface area (Å²) in [5.41, 5.74) is 13.2. The summed E-state index contributed by atoms with van der Waals surface area (Å²) in [5, 5.41) is 13.4. The van der Waals surface area contributed by atoms with E-state index in [2.05, 4.69) is 29.8 Å². The van der Waals surface area contributed by atoms with E-state index in [9.17, 15) is 9.90 Å². The number of amides is 1. The van der Waals surface area contributed by atoms with Gasteiger partial charge in [0.25, 0.3) is 0 Å². The van der Waals surface area contributed by atoms with Crippen LogP contribution in [0.5, 0.6) is 5.75 Å². The maximum Gasteiger partial charge on any atom is 0.248 e. The van der Waals surface area contributed by atoms with Crippen LogP contribution in [-0.2, 0) is 19.4 Å². The molecule has 6 heteroatoms. The molecule has 1 amide bonds. The Balaban J connectivity index is 1.78. The molecular weight excluding hydrogens is 430 g/mol. The Morgan fingerprint density at radius 3 is 2.39 bits per heavy atom. The van der Waals surface area contributed by atoms with Crippen molar-refractivity contribution in [2.24, 2.45) is 5.73 Å². The first-order valence-electron chi connectivity index (χ1n) is 11.6. The van der Waals surface area contributed by atoms with Gasteiger partial charge < -0.3 is 10.8 Å². The number of thiazole rings is 1. The molecule has 1 fully saturated rings. The zero-order valence-electron chi connectivity index (χ0n) is 19.3. The molecule has 1 aliphatic heterocycles. The summed E-state index contributed by atoms with van der Waals surface area (Å²) in [6.45, 7) is 7.03. The van der Waals surface area contributed by atoms with Crippen LogP contribution in [0.2, 0.25) is 0 Å². The standard InChI is InChI=1S/C27H31N3O2S/c1-3-21-22(4-2)24(27(28)32)9-8-23(21)26(19-6-5-7-20(31)16-19)18-10-13-30(14-11-18)17-25-29-12-15-33-25/h5-9,12,15-16,31H,3-4,10-11,13-14,17H2,1-2H3,(H2,28,32). The van der Waals surface area contributed by atoms with Crippen LogP contribution >= 0.6 is 11.3 Å². The van der Waals surface area contributed by atoms with E-state index in [0.29, 0.717) is 5.56 Å². The van der Waals surface area contributed by atoms with Crippen LogP contribution in [0.1, 0.15) is 64.3 Å². The Labute approximate surface area is 199 Å². The second-order valence-corrected chi connectivity index (χ2v) is 9.40. The van der Waals surface area contributed by atoms with Crippen LogP contribution in [0.4, 0.5) is 0 Å². The summed E-state index contributed by atoms with van der Waals surface area (Å²) in [7, 11) is 0. The van der Waals surface area contributed by atoms with Crippen molar-refractivity contribution in [3.8, 4) is 5.75 Å².